The normalized spacial score (nSPS) is 16.3. The molecule has 0 radical (unpaired) electrons. The minimum absolute atomic E-state index is 0.0168. The summed E-state index contributed by atoms with van der Waals surface area (Å²) in [5.74, 6) is 0.224. The number of fused-ring (bicyclic) bond motifs is 1. The Kier molecular flexibility index (Phi) is 6.33. The quantitative estimate of drug-likeness (QED) is 0.536. The molecule has 33 heavy (non-hydrogen) atoms. The van der Waals surface area contributed by atoms with E-state index in [-0.39, 0.29) is 31.0 Å². The SMILES string of the molecule is O=C(CN1C(=O)COc2ccc(-c3csc(-c4ccccc4Cl)n3)cc21)NC1CCCCC1. The molecule has 0 spiro atoms. The Morgan fingerprint density at radius 3 is 2.82 bits per heavy atom. The number of ether oxygens (including phenoxy) is 1. The van der Waals surface area contributed by atoms with Crippen LogP contribution in [0.4, 0.5) is 5.69 Å². The number of amides is 2. The molecule has 5 rings (SSSR count). The Balaban J connectivity index is 1.38. The Labute approximate surface area is 201 Å². The van der Waals surface area contributed by atoms with Crippen LogP contribution in [-0.4, -0.2) is 36.0 Å². The van der Waals surface area contributed by atoms with Crippen LogP contribution in [0.2, 0.25) is 5.02 Å². The molecular weight excluding hydrogens is 458 g/mol. The molecule has 1 aromatic heterocycles. The number of carbonyl (C=O) groups excluding carboxylic acids is 2. The van der Waals surface area contributed by atoms with E-state index < -0.39 is 0 Å². The predicted octanol–water partition coefficient (Wildman–Crippen LogP) is 5.30. The monoisotopic (exact) mass is 481 g/mol. The van der Waals surface area contributed by atoms with Crippen molar-refractivity contribution in [2.24, 2.45) is 0 Å². The molecule has 0 unspecified atom stereocenters. The lowest BCUT2D eigenvalue weighted by Crippen LogP contribution is -2.47. The number of hydrogen-bond acceptors (Lipinski definition) is 5. The fourth-order valence-electron chi connectivity index (χ4n) is 4.36. The number of aromatic nitrogens is 1. The van der Waals surface area contributed by atoms with Crippen molar-refractivity contribution in [1.82, 2.24) is 10.3 Å². The van der Waals surface area contributed by atoms with E-state index in [1.807, 2.05) is 47.8 Å². The molecule has 2 aromatic carbocycles. The highest BCUT2D eigenvalue weighted by atomic mass is 35.5. The summed E-state index contributed by atoms with van der Waals surface area (Å²) in [5, 5.41) is 6.53. The first-order valence-electron chi connectivity index (χ1n) is 11.2. The molecule has 0 saturated heterocycles. The van der Waals surface area contributed by atoms with Crippen molar-refractivity contribution in [3.63, 3.8) is 0 Å². The second-order valence-corrected chi connectivity index (χ2v) is 9.64. The van der Waals surface area contributed by atoms with Crippen LogP contribution in [0.5, 0.6) is 5.75 Å². The van der Waals surface area contributed by atoms with Crippen molar-refractivity contribution in [3.8, 4) is 27.6 Å². The fourth-order valence-corrected chi connectivity index (χ4v) is 5.51. The Hall–Kier alpha value is -2.90. The molecule has 1 saturated carbocycles. The number of anilines is 1. The maximum absolute atomic E-state index is 12.7. The van der Waals surface area contributed by atoms with Gasteiger partial charge < -0.3 is 10.1 Å². The summed E-state index contributed by atoms with van der Waals surface area (Å²) in [5.41, 5.74) is 3.10. The molecule has 8 heteroatoms. The minimum atomic E-state index is -0.228. The zero-order valence-electron chi connectivity index (χ0n) is 18.1. The van der Waals surface area contributed by atoms with Gasteiger partial charge in [0.2, 0.25) is 5.91 Å². The van der Waals surface area contributed by atoms with Crippen LogP contribution in [0.25, 0.3) is 21.8 Å². The summed E-state index contributed by atoms with van der Waals surface area (Å²) in [6, 6.07) is 13.4. The third kappa shape index (κ3) is 4.75. The van der Waals surface area contributed by atoms with Crippen molar-refractivity contribution in [1.29, 1.82) is 0 Å². The molecule has 2 amide bonds. The lowest BCUT2D eigenvalue weighted by molar-refractivity contribution is -0.125. The average molecular weight is 482 g/mol. The first-order valence-corrected chi connectivity index (χ1v) is 12.4. The standard InChI is InChI=1S/C25H24ClN3O3S/c26-19-9-5-4-8-18(19)25-28-20(15-33-25)16-10-11-22-21(12-16)29(24(31)14-32-22)13-23(30)27-17-6-2-1-3-7-17/h4-5,8-12,15,17H,1-3,6-7,13-14H2,(H,27,30). The van der Waals surface area contributed by atoms with E-state index >= 15 is 0 Å². The van der Waals surface area contributed by atoms with Gasteiger partial charge in [-0.2, -0.15) is 0 Å². The van der Waals surface area contributed by atoms with Gasteiger partial charge in [0.05, 0.1) is 16.4 Å². The van der Waals surface area contributed by atoms with Gasteiger partial charge >= 0.3 is 0 Å². The van der Waals surface area contributed by atoms with Crippen LogP contribution in [0, 0.1) is 0 Å². The van der Waals surface area contributed by atoms with Gasteiger partial charge in [-0.25, -0.2) is 4.98 Å². The molecule has 0 atom stereocenters. The van der Waals surface area contributed by atoms with Crippen LogP contribution in [0.15, 0.2) is 47.8 Å². The molecule has 0 bridgehead atoms. The van der Waals surface area contributed by atoms with Gasteiger partial charge in [0.15, 0.2) is 6.61 Å². The summed E-state index contributed by atoms with van der Waals surface area (Å²) in [7, 11) is 0. The lowest BCUT2D eigenvalue weighted by Gasteiger charge is -2.30. The summed E-state index contributed by atoms with van der Waals surface area (Å²) >= 11 is 7.84. The van der Waals surface area contributed by atoms with Gasteiger partial charge in [-0.15, -0.1) is 11.3 Å². The smallest absolute Gasteiger partial charge is 0.265 e. The molecular formula is C25H24ClN3O3S. The molecule has 1 aliphatic heterocycles. The molecule has 2 aliphatic rings. The van der Waals surface area contributed by atoms with Gasteiger partial charge in [-0.1, -0.05) is 49.1 Å². The van der Waals surface area contributed by atoms with E-state index in [4.69, 9.17) is 21.3 Å². The molecule has 3 aromatic rings. The molecule has 1 N–H and O–H groups in total. The molecule has 1 fully saturated rings. The third-order valence-electron chi connectivity index (χ3n) is 6.08. The van der Waals surface area contributed by atoms with Crippen molar-refractivity contribution in [3.05, 3.63) is 52.9 Å². The first-order chi connectivity index (χ1) is 16.1. The van der Waals surface area contributed by atoms with Gasteiger partial charge in [0, 0.05) is 22.5 Å². The summed E-state index contributed by atoms with van der Waals surface area (Å²) in [4.78, 5) is 31.6. The zero-order valence-corrected chi connectivity index (χ0v) is 19.6. The van der Waals surface area contributed by atoms with Crippen molar-refractivity contribution in [2.75, 3.05) is 18.1 Å². The highest BCUT2D eigenvalue weighted by Gasteiger charge is 2.29. The maximum Gasteiger partial charge on any atom is 0.265 e. The van der Waals surface area contributed by atoms with E-state index in [2.05, 4.69) is 5.32 Å². The number of nitrogens with one attached hydrogen (secondary N) is 1. The number of halogens is 1. The van der Waals surface area contributed by atoms with Crippen LogP contribution < -0.4 is 15.0 Å². The van der Waals surface area contributed by atoms with Crippen molar-refractivity contribution in [2.45, 2.75) is 38.1 Å². The zero-order chi connectivity index (χ0) is 22.8. The van der Waals surface area contributed by atoms with E-state index in [9.17, 15) is 9.59 Å². The molecule has 2 heterocycles. The Morgan fingerprint density at radius 1 is 1.18 bits per heavy atom. The molecule has 1 aliphatic carbocycles. The van der Waals surface area contributed by atoms with Gasteiger partial charge in [0.1, 0.15) is 17.3 Å². The summed E-state index contributed by atoms with van der Waals surface area (Å²) < 4.78 is 5.62. The van der Waals surface area contributed by atoms with Crippen molar-refractivity contribution >= 4 is 40.4 Å². The molecule has 6 nitrogen and oxygen atoms in total. The van der Waals surface area contributed by atoms with Gasteiger partial charge in [-0.05, 0) is 37.1 Å². The highest BCUT2D eigenvalue weighted by Crippen LogP contribution is 2.38. The van der Waals surface area contributed by atoms with E-state index in [0.717, 1.165) is 47.5 Å². The van der Waals surface area contributed by atoms with E-state index in [0.29, 0.717) is 16.5 Å². The molecule has 170 valence electrons. The maximum atomic E-state index is 12.7. The van der Waals surface area contributed by atoms with Gasteiger partial charge in [-0.3, -0.25) is 14.5 Å². The van der Waals surface area contributed by atoms with Crippen LogP contribution in [-0.2, 0) is 9.59 Å². The van der Waals surface area contributed by atoms with Crippen molar-refractivity contribution < 1.29 is 14.3 Å². The van der Waals surface area contributed by atoms with Crippen LogP contribution >= 0.6 is 22.9 Å². The number of carbonyl (C=O) groups is 2. The summed E-state index contributed by atoms with van der Waals surface area (Å²) in [6.45, 7) is -0.0898. The van der Waals surface area contributed by atoms with E-state index in [1.165, 1.54) is 22.7 Å². The largest absolute Gasteiger partial charge is 0.482 e. The van der Waals surface area contributed by atoms with Crippen LogP contribution in [0.3, 0.4) is 0 Å². The number of hydrogen-bond donors (Lipinski definition) is 1. The predicted molar refractivity (Wildman–Crippen MR) is 131 cm³/mol. The number of thiazole rings is 1. The number of rotatable bonds is 5. The average Bonchev–Trinajstić information content (AvgIpc) is 3.32. The fraction of sp³-hybridized carbons (Fsp3) is 0.320. The number of benzene rings is 2. The third-order valence-corrected chi connectivity index (χ3v) is 7.28. The lowest BCUT2D eigenvalue weighted by atomic mass is 9.95. The second-order valence-electron chi connectivity index (χ2n) is 8.37. The minimum Gasteiger partial charge on any atom is -0.482 e. The number of nitrogens with zero attached hydrogens (tertiary/aromatic N) is 2. The topological polar surface area (TPSA) is 71.5 Å². The Bertz CT molecular complexity index is 1190. The van der Waals surface area contributed by atoms with Crippen LogP contribution in [0.1, 0.15) is 32.1 Å². The summed E-state index contributed by atoms with van der Waals surface area (Å²) in [6.07, 6.45) is 5.50. The van der Waals surface area contributed by atoms with E-state index in [1.54, 1.807) is 0 Å². The highest BCUT2D eigenvalue weighted by molar-refractivity contribution is 7.13. The Morgan fingerprint density at radius 2 is 2.00 bits per heavy atom. The second kappa shape index (κ2) is 9.53. The van der Waals surface area contributed by atoms with Gasteiger partial charge in [0.25, 0.3) is 5.91 Å². The first kappa shape index (κ1) is 21.9.